The number of rotatable bonds is 19. The average Bonchev–Trinajstić information content (AvgIpc) is 3.44. The van der Waals surface area contributed by atoms with Crippen molar-refractivity contribution >= 4 is 72.2 Å². The van der Waals surface area contributed by atoms with E-state index in [-0.39, 0.29) is 19.6 Å². The van der Waals surface area contributed by atoms with Gasteiger partial charge in [0.05, 0.1) is 6.42 Å². The molecule has 0 fully saturated rings. The van der Waals surface area contributed by atoms with Gasteiger partial charge >= 0.3 is 29.1 Å². The zero-order valence-corrected chi connectivity index (χ0v) is 48.0. The molecule has 0 saturated heterocycles. The molecular weight excluding hydrogens is 1040 g/mol. The number of carbonyl (C=O) groups is 2. The number of hydrogen-bond donors (Lipinski definition) is 0. The van der Waals surface area contributed by atoms with Crippen molar-refractivity contribution in [2.45, 2.75) is 78.1 Å². The third-order valence-corrected chi connectivity index (χ3v) is 16.1. The fourth-order valence-corrected chi connectivity index (χ4v) is 11.6. The molecule has 0 bridgehead atoms. The molecule has 0 aliphatic carbocycles. The van der Waals surface area contributed by atoms with Crippen molar-refractivity contribution < 1.29 is 46.2 Å². The Kier molecular flexibility index (Phi) is 16.3. The number of ether oxygens (including phenoxy) is 2. The van der Waals surface area contributed by atoms with Crippen LogP contribution in [0, 0.1) is 0 Å². The van der Waals surface area contributed by atoms with Crippen molar-refractivity contribution in [3.63, 3.8) is 0 Å². The summed E-state index contributed by atoms with van der Waals surface area (Å²) in [6, 6.07) is 68.3. The molecule has 10 rings (SSSR count). The van der Waals surface area contributed by atoms with Gasteiger partial charge in [0.15, 0.2) is 0 Å². The summed E-state index contributed by atoms with van der Waals surface area (Å²) in [5.74, 6) is 2.58. The van der Waals surface area contributed by atoms with E-state index in [9.17, 15) is 9.59 Å². The molecule has 10 aromatic carbocycles. The molecule has 0 aromatic heterocycles. The second-order valence-electron chi connectivity index (χ2n) is 22.0. The Morgan fingerprint density at radius 2 is 0.675 bits per heavy atom. The van der Waals surface area contributed by atoms with E-state index < -0.39 is 45.4 Å². The van der Waals surface area contributed by atoms with Crippen LogP contribution < -0.4 is 27.1 Å². The van der Waals surface area contributed by atoms with Crippen LogP contribution in [0.5, 0.6) is 34.5 Å². The molecule has 0 atom stereocenters. The molecule has 406 valence electrons. The molecule has 0 amide bonds. The molecule has 0 heterocycles. The van der Waals surface area contributed by atoms with E-state index >= 15 is 0 Å². The lowest BCUT2D eigenvalue weighted by Crippen LogP contribution is -2.30. The van der Waals surface area contributed by atoms with Crippen molar-refractivity contribution in [1.82, 2.24) is 0 Å². The third-order valence-electron chi connectivity index (χ3n) is 13.9. The summed E-state index contributed by atoms with van der Waals surface area (Å²) >= 11 is 0. The average molecular weight is 1100 g/mol. The van der Waals surface area contributed by atoms with Crippen LogP contribution in [0.25, 0.3) is 43.1 Å². The smallest absolute Gasteiger partial charge is 0.462 e. The molecule has 80 heavy (non-hydrogen) atoms. The largest absolute Gasteiger partial charge is 0.530 e. The lowest BCUT2D eigenvalue weighted by atomic mass is 9.70. The van der Waals surface area contributed by atoms with Crippen LogP contribution in [0.15, 0.2) is 206 Å². The van der Waals surface area contributed by atoms with Crippen LogP contribution in [0.2, 0.25) is 0 Å². The Labute approximate surface area is 470 Å². The van der Waals surface area contributed by atoms with Crippen LogP contribution in [-0.2, 0) is 35.3 Å². The van der Waals surface area contributed by atoms with E-state index in [1.165, 1.54) is 6.92 Å². The first-order valence-electron chi connectivity index (χ1n) is 26.7. The van der Waals surface area contributed by atoms with E-state index in [1.807, 2.05) is 177 Å². The zero-order chi connectivity index (χ0) is 56.0. The zero-order valence-electron chi connectivity index (χ0n) is 46.2. The van der Waals surface area contributed by atoms with E-state index in [1.54, 1.807) is 0 Å². The molecule has 0 saturated carbocycles. The first-order chi connectivity index (χ1) is 38.4. The SMILES string of the molecule is CC(=O)OCCOC(=O)CC(C)(c1ccc(OP(Oc2ccc3ccccc3c2)Oc2ccc3ccccc3c2)c(C(C)(C)C)c1)c1ccc(OP(Oc2ccc3ccccc3c2)Oc2ccc3ccccc3c2)c(C(C)(C)C)c1. The van der Waals surface area contributed by atoms with Crippen LogP contribution in [-0.4, -0.2) is 25.2 Å². The van der Waals surface area contributed by atoms with E-state index in [0.29, 0.717) is 34.5 Å². The number of fused-ring (bicyclic) bond motifs is 4. The van der Waals surface area contributed by atoms with Gasteiger partial charge < -0.3 is 36.6 Å². The Balaban J connectivity index is 1.03. The van der Waals surface area contributed by atoms with Crippen LogP contribution in [0.1, 0.15) is 84.1 Å². The standard InChI is InChI=1S/C68H64O10P2/c1-46(69)71-37-38-72-65(70)45-68(8,55-29-35-63(61(43-55)66(2,3)4)77-79(73-57-31-25-47-17-9-13-21-51(47)39-57)74-58-32-26-48-18-10-14-22-52(48)40-58)56-30-36-64(62(44-56)67(5,6)7)78-80(75-59-33-27-49-19-11-15-23-53(49)41-59)76-60-34-28-50-20-12-16-24-54(50)42-60/h9-36,39-44H,37-38,45H2,1-8H3. The minimum Gasteiger partial charge on any atom is -0.462 e. The van der Waals surface area contributed by atoms with Gasteiger partial charge in [0, 0.05) is 23.5 Å². The second-order valence-corrected chi connectivity index (χ2v) is 24.0. The van der Waals surface area contributed by atoms with E-state index in [4.69, 9.17) is 36.6 Å². The highest BCUT2D eigenvalue weighted by Gasteiger charge is 2.37. The number of hydrogen-bond acceptors (Lipinski definition) is 10. The highest BCUT2D eigenvalue weighted by atomic mass is 31.2. The number of benzene rings is 10. The normalized spacial score (nSPS) is 12.0. The molecular formula is C68H64O10P2. The minimum atomic E-state index is -2.09. The Bertz CT molecular complexity index is 3470. The van der Waals surface area contributed by atoms with Crippen LogP contribution in [0.3, 0.4) is 0 Å². The van der Waals surface area contributed by atoms with Gasteiger partial charge in [-0.2, -0.15) is 0 Å². The predicted octanol–water partition coefficient (Wildman–Crippen LogP) is 18.2. The molecule has 12 heteroatoms. The van der Waals surface area contributed by atoms with Crippen molar-refractivity contribution in [2.75, 3.05) is 13.2 Å². The molecule has 0 unspecified atom stereocenters. The molecule has 0 spiro atoms. The maximum atomic E-state index is 14.2. The molecule has 0 N–H and O–H groups in total. The van der Waals surface area contributed by atoms with E-state index in [0.717, 1.165) is 65.3 Å². The summed E-state index contributed by atoms with van der Waals surface area (Å²) in [7, 11) is -4.19. The quantitative estimate of drug-likeness (QED) is 0.0441. The van der Waals surface area contributed by atoms with Crippen molar-refractivity contribution in [1.29, 1.82) is 0 Å². The Morgan fingerprint density at radius 1 is 0.362 bits per heavy atom. The van der Waals surface area contributed by atoms with Crippen molar-refractivity contribution in [2.24, 2.45) is 0 Å². The summed E-state index contributed by atoms with van der Waals surface area (Å²) in [5, 5.41) is 8.42. The van der Waals surface area contributed by atoms with Gasteiger partial charge in [-0.25, -0.2) is 0 Å². The van der Waals surface area contributed by atoms with Gasteiger partial charge in [0.1, 0.15) is 47.7 Å². The maximum absolute atomic E-state index is 14.2. The monoisotopic (exact) mass is 1100 g/mol. The summed E-state index contributed by atoms with van der Waals surface area (Å²) in [4.78, 5) is 25.8. The molecule has 0 aliphatic heterocycles. The van der Waals surface area contributed by atoms with Gasteiger partial charge in [-0.05, 0) is 126 Å². The van der Waals surface area contributed by atoms with Gasteiger partial charge in [0.25, 0.3) is 0 Å². The predicted molar refractivity (Wildman–Crippen MR) is 322 cm³/mol. The van der Waals surface area contributed by atoms with Gasteiger partial charge in [-0.1, -0.05) is 194 Å². The fraction of sp³-hybridized carbons (Fsp3) is 0.206. The van der Waals surface area contributed by atoms with Gasteiger partial charge in [0.2, 0.25) is 0 Å². The first kappa shape index (κ1) is 55.2. The molecule has 10 nitrogen and oxygen atoms in total. The highest BCUT2D eigenvalue weighted by molar-refractivity contribution is 7.43. The molecule has 0 radical (unpaired) electrons. The second kappa shape index (κ2) is 23.7. The first-order valence-corrected chi connectivity index (χ1v) is 28.8. The minimum absolute atomic E-state index is 0.0602. The lowest BCUT2D eigenvalue weighted by Gasteiger charge is -2.34. The summed E-state index contributed by atoms with van der Waals surface area (Å²) < 4.78 is 51.5. The summed E-state index contributed by atoms with van der Waals surface area (Å²) in [6.07, 6.45) is -0.0631. The number of esters is 2. The number of carbonyl (C=O) groups excluding carboxylic acids is 2. The summed E-state index contributed by atoms with van der Waals surface area (Å²) in [5.41, 5.74) is 1.42. The topological polar surface area (TPSA) is 108 Å². The maximum Gasteiger partial charge on any atom is 0.530 e. The fourth-order valence-electron chi connectivity index (χ4n) is 9.64. The van der Waals surface area contributed by atoms with Crippen LogP contribution in [0.4, 0.5) is 0 Å². The van der Waals surface area contributed by atoms with Crippen molar-refractivity contribution in [3.05, 3.63) is 229 Å². The Morgan fingerprint density at radius 3 is 0.988 bits per heavy atom. The third kappa shape index (κ3) is 13.3. The summed E-state index contributed by atoms with van der Waals surface area (Å²) in [6.45, 7) is 16.0. The lowest BCUT2D eigenvalue weighted by molar-refractivity contribution is -0.151. The van der Waals surface area contributed by atoms with Crippen molar-refractivity contribution in [3.8, 4) is 34.5 Å². The molecule has 0 aliphatic rings. The van der Waals surface area contributed by atoms with Gasteiger partial charge in [-0.15, -0.1) is 0 Å². The Hall–Kier alpha value is -8.16. The van der Waals surface area contributed by atoms with Crippen LogP contribution >= 0.6 is 17.2 Å². The van der Waals surface area contributed by atoms with E-state index in [2.05, 4.69) is 77.9 Å². The highest BCUT2D eigenvalue weighted by Crippen LogP contribution is 2.50. The van der Waals surface area contributed by atoms with Gasteiger partial charge in [-0.3, -0.25) is 9.59 Å². The molecule has 10 aromatic rings.